The maximum atomic E-state index is 9.47. The molecular formula is C2H10N3O4P. The van der Waals surface area contributed by atoms with Crippen LogP contribution in [-0.4, -0.2) is 22.9 Å². The standard InChI is InChI=1S/CH5N3.CH5O4P/c2-1(3)4;1-5-6(2,3)4/h(H5,2,3,4);1H3,(H2,2,3,4). The second-order valence-electron chi connectivity index (χ2n) is 1.13. The molecule has 0 fully saturated rings. The second-order valence-corrected chi connectivity index (χ2v) is 2.47. The fourth-order valence-electron chi connectivity index (χ4n) is 0. The third kappa shape index (κ3) is 53.0. The van der Waals surface area contributed by atoms with E-state index < -0.39 is 7.82 Å². The molecule has 0 aliphatic rings. The van der Waals surface area contributed by atoms with Crippen LogP contribution in [-0.2, 0) is 9.09 Å². The van der Waals surface area contributed by atoms with Gasteiger partial charge in [0.1, 0.15) is 0 Å². The molecule has 10 heavy (non-hydrogen) atoms. The van der Waals surface area contributed by atoms with Gasteiger partial charge >= 0.3 is 7.82 Å². The van der Waals surface area contributed by atoms with Gasteiger partial charge in [0.25, 0.3) is 0 Å². The predicted octanol–water partition coefficient (Wildman–Crippen LogP) is -1.44. The summed E-state index contributed by atoms with van der Waals surface area (Å²) < 4.78 is 13.1. The number of phosphoric ester groups is 1. The summed E-state index contributed by atoms with van der Waals surface area (Å²) in [5.41, 5.74) is 8.94. The van der Waals surface area contributed by atoms with Gasteiger partial charge in [-0.3, -0.25) is 9.93 Å². The first kappa shape index (κ1) is 12.1. The highest BCUT2D eigenvalue weighted by Crippen LogP contribution is 2.33. The summed E-state index contributed by atoms with van der Waals surface area (Å²) in [6.07, 6.45) is 0. The average molecular weight is 171 g/mol. The van der Waals surface area contributed by atoms with Crippen LogP contribution in [0.4, 0.5) is 0 Å². The van der Waals surface area contributed by atoms with Crippen molar-refractivity contribution in [1.29, 1.82) is 5.41 Å². The van der Waals surface area contributed by atoms with Crippen LogP contribution in [0.15, 0.2) is 0 Å². The van der Waals surface area contributed by atoms with Crippen LogP contribution in [0.2, 0.25) is 0 Å². The fourth-order valence-corrected chi connectivity index (χ4v) is 0. The van der Waals surface area contributed by atoms with Gasteiger partial charge in [-0.25, -0.2) is 4.57 Å². The number of phosphoric acid groups is 1. The number of hydrogen-bond donors (Lipinski definition) is 5. The summed E-state index contributed by atoms with van der Waals surface area (Å²) in [6.45, 7) is 0. The number of nitrogens with two attached hydrogens (primary N) is 2. The minimum absolute atomic E-state index is 0.333. The Labute approximate surface area is 57.7 Å². The summed E-state index contributed by atoms with van der Waals surface area (Å²) in [6, 6.07) is 0. The van der Waals surface area contributed by atoms with Gasteiger partial charge in [-0.05, 0) is 0 Å². The van der Waals surface area contributed by atoms with Crippen LogP contribution < -0.4 is 11.5 Å². The summed E-state index contributed by atoms with van der Waals surface area (Å²) >= 11 is 0. The van der Waals surface area contributed by atoms with Gasteiger partial charge in [-0.15, -0.1) is 0 Å². The van der Waals surface area contributed by atoms with Gasteiger partial charge in [-0.1, -0.05) is 0 Å². The molecule has 0 heterocycles. The zero-order valence-corrected chi connectivity index (χ0v) is 6.21. The highest BCUT2D eigenvalue weighted by molar-refractivity contribution is 7.46. The molecule has 62 valence electrons. The molecule has 0 bridgehead atoms. The lowest BCUT2D eigenvalue weighted by atomic mass is 11.1. The third-order valence-corrected chi connectivity index (χ3v) is 0.714. The van der Waals surface area contributed by atoms with Crippen molar-refractivity contribution < 1.29 is 18.9 Å². The van der Waals surface area contributed by atoms with E-state index in [1.807, 2.05) is 0 Å². The van der Waals surface area contributed by atoms with Gasteiger partial charge in [0, 0.05) is 7.11 Å². The number of hydrogen-bond acceptors (Lipinski definition) is 3. The average Bonchev–Trinajstić information content (AvgIpc) is 1.63. The first-order valence-electron chi connectivity index (χ1n) is 2.00. The molecule has 0 rings (SSSR count). The number of guanidine groups is 1. The first-order valence-corrected chi connectivity index (χ1v) is 3.53. The lowest BCUT2D eigenvalue weighted by Crippen LogP contribution is -2.20. The van der Waals surface area contributed by atoms with Crippen LogP contribution in [0.1, 0.15) is 0 Å². The molecule has 0 aliphatic carbocycles. The Balaban J connectivity index is 0. The fraction of sp³-hybridized carbons (Fsp3) is 0.500. The molecule has 0 spiro atoms. The quantitative estimate of drug-likeness (QED) is 0.186. The van der Waals surface area contributed by atoms with E-state index in [1.54, 1.807) is 0 Å². The molecule has 0 saturated heterocycles. The topological polar surface area (TPSA) is 143 Å². The maximum Gasteiger partial charge on any atom is 0.469 e. The van der Waals surface area contributed by atoms with Crippen molar-refractivity contribution in [3.05, 3.63) is 0 Å². The van der Waals surface area contributed by atoms with Crippen LogP contribution in [0.25, 0.3) is 0 Å². The van der Waals surface area contributed by atoms with Crippen molar-refractivity contribution >= 4 is 13.8 Å². The van der Waals surface area contributed by atoms with Crippen molar-refractivity contribution in [2.45, 2.75) is 0 Å². The monoisotopic (exact) mass is 171 g/mol. The van der Waals surface area contributed by atoms with Gasteiger partial charge < -0.3 is 21.3 Å². The van der Waals surface area contributed by atoms with E-state index in [1.165, 1.54) is 0 Å². The molecule has 7 N–H and O–H groups in total. The lowest BCUT2D eigenvalue weighted by molar-refractivity contribution is 0.235. The van der Waals surface area contributed by atoms with Crippen molar-refractivity contribution in [2.24, 2.45) is 11.5 Å². The zero-order valence-electron chi connectivity index (χ0n) is 5.31. The Morgan fingerprint density at radius 1 is 1.60 bits per heavy atom. The molecule has 8 heteroatoms. The highest BCUT2D eigenvalue weighted by Gasteiger charge is 2.07. The highest BCUT2D eigenvalue weighted by atomic mass is 31.2. The molecular weight excluding hydrogens is 161 g/mol. The van der Waals surface area contributed by atoms with Crippen molar-refractivity contribution in [1.82, 2.24) is 0 Å². The van der Waals surface area contributed by atoms with Gasteiger partial charge in [0.15, 0.2) is 5.96 Å². The molecule has 0 aliphatic heterocycles. The summed E-state index contributed by atoms with van der Waals surface area (Å²) in [7, 11) is -3.20. The molecule has 0 radical (unpaired) electrons. The molecule has 0 aromatic heterocycles. The van der Waals surface area contributed by atoms with E-state index in [-0.39, 0.29) is 5.96 Å². The van der Waals surface area contributed by atoms with Crippen LogP contribution in [0, 0.1) is 5.41 Å². The maximum absolute atomic E-state index is 9.47. The van der Waals surface area contributed by atoms with E-state index in [0.717, 1.165) is 7.11 Å². The molecule has 0 atom stereocenters. The van der Waals surface area contributed by atoms with Gasteiger partial charge in [-0.2, -0.15) is 0 Å². The Hall–Kier alpha value is -0.620. The molecule has 0 amide bonds. The minimum atomic E-state index is -4.15. The SMILES string of the molecule is COP(=O)(O)O.N=C(N)N. The van der Waals surface area contributed by atoms with Crippen molar-refractivity contribution in [3.63, 3.8) is 0 Å². The minimum Gasteiger partial charge on any atom is -0.370 e. The van der Waals surface area contributed by atoms with E-state index in [2.05, 4.69) is 16.0 Å². The Kier molecular flexibility index (Phi) is 6.27. The smallest absolute Gasteiger partial charge is 0.370 e. The normalized spacial score (nSPS) is 9.50. The third-order valence-electron chi connectivity index (χ3n) is 0.238. The summed E-state index contributed by atoms with van der Waals surface area (Å²) in [4.78, 5) is 15.4. The van der Waals surface area contributed by atoms with Crippen LogP contribution >= 0.6 is 7.82 Å². The zero-order chi connectivity index (χ0) is 8.78. The van der Waals surface area contributed by atoms with Crippen LogP contribution in [0.5, 0.6) is 0 Å². The Bertz CT molecular complexity index is 137. The van der Waals surface area contributed by atoms with E-state index in [9.17, 15) is 4.57 Å². The largest absolute Gasteiger partial charge is 0.469 e. The molecule has 7 nitrogen and oxygen atoms in total. The Morgan fingerprint density at radius 3 is 1.70 bits per heavy atom. The second kappa shape index (κ2) is 5.19. The summed E-state index contributed by atoms with van der Waals surface area (Å²) in [5.74, 6) is -0.333. The molecule has 0 aromatic rings. The number of nitrogens with one attached hydrogen (secondary N) is 1. The van der Waals surface area contributed by atoms with Gasteiger partial charge in [0.05, 0.1) is 0 Å². The molecule has 0 saturated carbocycles. The number of rotatable bonds is 1. The van der Waals surface area contributed by atoms with E-state index in [4.69, 9.17) is 15.2 Å². The van der Waals surface area contributed by atoms with Gasteiger partial charge in [0.2, 0.25) is 0 Å². The lowest BCUT2D eigenvalue weighted by Gasteiger charge is -1.93. The first-order chi connectivity index (χ1) is 4.29. The van der Waals surface area contributed by atoms with Crippen molar-refractivity contribution in [3.8, 4) is 0 Å². The van der Waals surface area contributed by atoms with Crippen molar-refractivity contribution in [2.75, 3.05) is 7.11 Å². The van der Waals surface area contributed by atoms with Crippen LogP contribution in [0.3, 0.4) is 0 Å². The molecule has 0 unspecified atom stereocenters. The Morgan fingerprint density at radius 2 is 1.70 bits per heavy atom. The van der Waals surface area contributed by atoms with E-state index in [0.29, 0.717) is 0 Å². The predicted molar refractivity (Wildman–Crippen MR) is 35.2 cm³/mol. The molecule has 0 aromatic carbocycles. The summed E-state index contributed by atoms with van der Waals surface area (Å²) in [5, 5.41) is 6.06. The van der Waals surface area contributed by atoms with E-state index >= 15 is 0 Å².